The van der Waals surface area contributed by atoms with Gasteiger partial charge in [-0.3, -0.25) is 9.78 Å². The Bertz CT molecular complexity index is 1150. The summed E-state index contributed by atoms with van der Waals surface area (Å²) < 4.78 is 14.1. The fourth-order valence-corrected chi connectivity index (χ4v) is 4.50. The van der Waals surface area contributed by atoms with Crippen LogP contribution in [-0.2, 0) is 5.41 Å². The number of carbonyl (C=O) groups is 1. The number of para-hydroxylation sites is 1. The number of hydrogen-bond acceptors (Lipinski definition) is 3. The largest absolute Gasteiger partial charge is 0.382 e. The van der Waals surface area contributed by atoms with E-state index in [-0.39, 0.29) is 23.2 Å². The van der Waals surface area contributed by atoms with Gasteiger partial charge < -0.3 is 10.6 Å². The van der Waals surface area contributed by atoms with Crippen LogP contribution < -0.4 is 10.6 Å². The molecule has 1 heterocycles. The van der Waals surface area contributed by atoms with E-state index in [1.807, 2.05) is 19.1 Å². The molecule has 0 unspecified atom stereocenters. The van der Waals surface area contributed by atoms with Crippen LogP contribution in [0.5, 0.6) is 0 Å². The maximum absolute atomic E-state index is 14.1. The van der Waals surface area contributed by atoms with Crippen LogP contribution in [0.4, 0.5) is 10.1 Å². The molecule has 1 aliphatic rings. The van der Waals surface area contributed by atoms with Crippen LogP contribution in [0.3, 0.4) is 0 Å². The van der Waals surface area contributed by atoms with E-state index in [9.17, 15) is 9.18 Å². The number of aromatic nitrogens is 1. The Balaban J connectivity index is 1.42. The first-order valence-corrected chi connectivity index (χ1v) is 11.9. The van der Waals surface area contributed by atoms with E-state index in [0.717, 1.165) is 53.5 Å². The number of anilines is 1. The number of nitrogens with zero attached hydrogens (tertiary/aromatic N) is 1. The molecular formula is C28H34FN3O. The molecule has 2 aromatic carbocycles. The van der Waals surface area contributed by atoms with Crippen LogP contribution in [0.25, 0.3) is 10.9 Å². The first-order chi connectivity index (χ1) is 15.6. The first-order valence-electron chi connectivity index (χ1n) is 11.9. The monoisotopic (exact) mass is 447 g/mol. The van der Waals surface area contributed by atoms with Gasteiger partial charge in [0.25, 0.3) is 5.91 Å². The zero-order valence-corrected chi connectivity index (χ0v) is 20.3. The molecule has 2 N–H and O–H groups in total. The van der Waals surface area contributed by atoms with E-state index < -0.39 is 0 Å². The van der Waals surface area contributed by atoms with E-state index >= 15 is 0 Å². The Morgan fingerprint density at radius 3 is 2.33 bits per heavy atom. The van der Waals surface area contributed by atoms with Gasteiger partial charge in [-0.25, -0.2) is 4.39 Å². The maximum atomic E-state index is 14.1. The predicted octanol–water partition coefficient (Wildman–Crippen LogP) is 6.44. The summed E-state index contributed by atoms with van der Waals surface area (Å²) in [6.45, 7) is 10.1. The number of carbonyl (C=O) groups excluding carboxylic acids is 1. The summed E-state index contributed by atoms with van der Waals surface area (Å²) >= 11 is 0. The Hall–Kier alpha value is -2.95. The van der Waals surface area contributed by atoms with Crippen LogP contribution in [0.1, 0.15) is 73.6 Å². The van der Waals surface area contributed by atoms with E-state index in [0.29, 0.717) is 17.2 Å². The fourth-order valence-electron chi connectivity index (χ4n) is 4.50. The van der Waals surface area contributed by atoms with Gasteiger partial charge in [0.05, 0.1) is 5.52 Å². The maximum Gasteiger partial charge on any atom is 0.251 e. The van der Waals surface area contributed by atoms with Crippen LogP contribution in [0.15, 0.2) is 42.5 Å². The highest BCUT2D eigenvalue weighted by atomic mass is 19.1. The molecule has 1 aromatic heterocycles. The summed E-state index contributed by atoms with van der Waals surface area (Å²) in [6, 6.07) is 14.0. The van der Waals surface area contributed by atoms with Crippen molar-refractivity contribution in [1.29, 1.82) is 0 Å². The zero-order chi connectivity index (χ0) is 23.8. The van der Waals surface area contributed by atoms with Gasteiger partial charge in [-0.15, -0.1) is 0 Å². The second-order valence-corrected chi connectivity index (χ2v) is 10.4. The van der Waals surface area contributed by atoms with Crippen molar-refractivity contribution < 1.29 is 9.18 Å². The minimum absolute atomic E-state index is 0.0315. The molecule has 3 aromatic rings. The van der Waals surface area contributed by atoms with E-state index in [4.69, 9.17) is 4.98 Å². The number of pyridine rings is 1. The fraction of sp³-hybridized carbons (Fsp3) is 0.429. The van der Waals surface area contributed by atoms with Crippen molar-refractivity contribution in [3.8, 4) is 0 Å². The number of hydrogen-bond donors (Lipinski definition) is 2. The van der Waals surface area contributed by atoms with Gasteiger partial charge in [-0.1, -0.05) is 39.0 Å². The molecule has 5 heteroatoms. The standard InChI is InChI=1S/C28H34FN3O/c1-17-14-19(15-23(29)18(17)2)27(33)31-21-12-10-20(11-13-21)30-25-16-26(28(3,4)5)32-24-9-7-6-8-22(24)25/h6-9,14-16,20-21H,10-13H2,1-5H3,(H,30,32)(H,31,33). The number of halogens is 1. The van der Waals surface area contributed by atoms with E-state index in [1.165, 1.54) is 6.07 Å². The van der Waals surface area contributed by atoms with Crippen molar-refractivity contribution in [2.45, 2.75) is 77.8 Å². The van der Waals surface area contributed by atoms with Gasteiger partial charge in [-0.05, 0) is 74.9 Å². The van der Waals surface area contributed by atoms with Crippen molar-refractivity contribution in [2.24, 2.45) is 0 Å². The third-order valence-corrected chi connectivity index (χ3v) is 6.77. The Kier molecular flexibility index (Phi) is 6.42. The number of fused-ring (bicyclic) bond motifs is 1. The minimum Gasteiger partial charge on any atom is -0.382 e. The molecule has 1 amide bonds. The summed E-state index contributed by atoms with van der Waals surface area (Å²) in [5, 5.41) is 8.01. The normalized spacial score (nSPS) is 18.8. The summed E-state index contributed by atoms with van der Waals surface area (Å²) in [4.78, 5) is 17.6. The highest BCUT2D eigenvalue weighted by Crippen LogP contribution is 2.31. The second-order valence-electron chi connectivity index (χ2n) is 10.4. The summed E-state index contributed by atoms with van der Waals surface area (Å²) in [5.41, 5.74) is 4.97. The number of benzene rings is 2. The lowest BCUT2D eigenvalue weighted by atomic mass is 9.89. The van der Waals surface area contributed by atoms with Gasteiger partial charge in [0.2, 0.25) is 0 Å². The Morgan fingerprint density at radius 2 is 1.67 bits per heavy atom. The zero-order valence-electron chi connectivity index (χ0n) is 20.3. The molecule has 0 bridgehead atoms. The highest BCUT2D eigenvalue weighted by molar-refractivity contribution is 5.94. The molecule has 1 fully saturated rings. The van der Waals surface area contributed by atoms with Crippen molar-refractivity contribution in [1.82, 2.24) is 10.3 Å². The lowest BCUT2D eigenvalue weighted by Crippen LogP contribution is -2.40. The third-order valence-electron chi connectivity index (χ3n) is 6.77. The second kappa shape index (κ2) is 9.12. The molecule has 0 aliphatic heterocycles. The molecule has 1 saturated carbocycles. The average Bonchev–Trinajstić information content (AvgIpc) is 2.77. The molecule has 0 spiro atoms. The van der Waals surface area contributed by atoms with Crippen LogP contribution in [-0.4, -0.2) is 23.0 Å². The average molecular weight is 448 g/mol. The summed E-state index contributed by atoms with van der Waals surface area (Å²) in [6.07, 6.45) is 3.72. The van der Waals surface area contributed by atoms with Crippen molar-refractivity contribution in [3.63, 3.8) is 0 Å². The van der Waals surface area contributed by atoms with Crippen LogP contribution in [0, 0.1) is 19.7 Å². The minimum atomic E-state index is -0.327. The number of rotatable bonds is 4. The molecule has 0 atom stereocenters. The lowest BCUT2D eigenvalue weighted by molar-refractivity contribution is 0.0926. The summed E-state index contributed by atoms with van der Waals surface area (Å²) in [5.74, 6) is -0.518. The number of nitrogens with one attached hydrogen (secondary N) is 2. The van der Waals surface area contributed by atoms with Gasteiger partial charge in [0.1, 0.15) is 5.82 Å². The third kappa shape index (κ3) is 5.18. The quantitative estimate of drug-likeness (QED) is 0.484. The van der Waals surface area contributed by atoms with E-state index in [2.05, 4.69) is 49.6 Å². The molecule has 0 radical (unpaired) electrons. The lowest BCUT2D eigenvalue weighted by Gasteiger charge is -2.31. The van der Waals surface area contributed by atoms with Crippen molar-refractivity contribution in [2.75, 3.05) is 5.32 Å². The van der Waals surface area contributed by atoms with Gasteiger partial charge >= 0.3 is 0 Å². The summed E-state index contributed by atoms with van der Waals surface area (Å²) in [7, 11) is 0. The Morgan fingerprint density at radius 1 is 1.00 bits per heavy atom. The molecule has 33 heavy (non-hydrogen) atoms. The Labute approximate surface area is 196 Å². The number of aryl methyl sites for hydroxylation is 1. The van der Waals surface area contributed by atoms with Gasteiger partial charge in [-0.2, -0.15) is 0 Å². The van der Waals surface area contributed by atoms with Gasteiger partial charge in [0.15, 0.2) is 0 Å². The molecule has 0 saturated heterocycles. The topological polar surface area (TPSA) is 54.0 Å². The number of amides is 1. The van der Waals surface area contributed by atoms with Crippen molar-refractivity contribution >= 4 is 22.5 Å². The van der Waals surface area contributed by atoms with Gasteiger partial charge in [0, 0.05) is 39.8 Å². The van der Waals surface area contributed by atoms with Crippen LogP contribution >= 0.6 is 0 Å². The molecular weight excluding hydrogens is 413 g/mol. The smallest absolute Gasteiger partial charge is 0.251 e. The molecule has 174 valence electrons. The molecule has 4 nitrogen and oxygen atoms in total. The molecule has 1 aliphatic carbocycles. The van der Waals surface area contributed by atoms with Crippen molar-refractivity contribution in [3.05, 3.63) is 70.7 Å². The SMILES string of the molecule is Cc1cc(C(=O)NC2CCC(Nc3cc(C(C)(C)C)nc4ccccc34)CC2)cc(F)c1C. The molecule has 4 rings (SSSR count). The van der Waals surface area contributed by atoms with Crippen LogP contribution in [0.2, 0.25) is 0 Å². The first kappa shape index (κ1) is 23.2. The predicted molar refractivity (Wildman–Crippen MR) is 133 cm³/mol. The van der Waals surface area contributed by atoms with E-state index in [1.54, 1.807) is 13.0 Å². The highest BCUT2D eigenvalue weighted by Gasteiger charge is 2.25.